The zero-order chi connectivity index (χ0) is 19.3. The van der Waals surface area contributed by atoms with Crippen molar-refractivity contribution < 1.29 is 19.2 Å². The number of methoxy groups -OCH3 is 1. The Bertz CT molecular complexity index is 750. The quantitative estimate of drug-likeness (QED) is 0.552. The summed E-state index contributed by atoms with van der Waals surface area (Å²) in [6.07, 6.45) is -0.111. The lowest BCUT2D eigenvalue weighted by molar-refractivity contribution is -0.384. The van der Waals surface area contributed by atoms with Crippen LogP contribution in [-0.4, -0.2) is 40.8 Å². The fourth-order valence-electron chi connectivity index (χ4n) is 2.15. The van der Waals surface area contributed by atoms with E-state index in [0.717, 1.165) is 0 Å². The topological polar surface area (TPSA) is 123 Å². The number of anilines is 1. The van der Waals surface area contributed by atoms with Crippen LogP contribution in [-0.2, 0) is 9.59 Å². The van der Waals surface area contributed by atoms with Crippen molar-refractivity contribution in [2.24, 2.45) is 10.9 Å². The number of ether oxygens (including phenoxy) is 1. The van der Waals surface area contributed by atoms with Crippen LogP contribution in [0.5, 0.6) is 5.75 Å². The summed E-state index contributed by atoms with van der Waals surface area (Å²) in [5.74, 6) is -0.114. The largest absolute Gasteiger partial charge is 0.496 e. The third kappa shape index (κ3) is 5.19. The molecule has 1 aliphatic heterocycles. The molecule has 0 aromatic heterocycles. The summed E-state index contributed by atoms with van der Waals surface area (Å²) in [6, 6.07) is 4.13. The molecule has 1 aliphatic rings. The fourth-order valence-corrected chi connectivity index (χ4v) is 3.12. The van der Waals surface area contributed by atoms with Crippen molar-refractivity contribution in [1.29, 1.82) is 0 Å². The lowest BCUT2D eigenvalue weighted by Gasteiger charge is -2.09. The molecule has 1 atom stereocenters. The number of carbonyl (C=O) groups is 2. The Balaban J connectivity index is 2.02. The Morgan fingerprint density at radius 2 is 2.23 bits per heavy atom. The van der Waals surface area contributed by atoms with E-state index >= 15 is 0 Å². The number of hydrogen-bond acceptors (Lipinski definition) is 7. The molecule has 0 radical (unpaired) electrons. The number of thioether (sulfide) groups is 1. The minimum absolute atomic E-state index is 0.0536. The number of rotatable bonds is 7. The van der Waals surface area contributed by atoms with E-state index in [1.165, 1.54) is 37.1 Å². The number of nitrogens with one attached hydrogen (secondary N) is 2. The average Bonchev–Trinajstić information content (AvgIpc) is 2.92. The fraction of sp³-hybridized carbons (Fsp3) is 0.438. The van der Waals surface area contributed by atoms with Gasteiger partial charge in [0, 0.05) is 13.0 Å². The molecule has 9 nitrogen and oxygen atoms in total. The van der Waals surface area contributed by atoms with E-state index in [9.17, 15) is 19.7 Å². The summed E-state index contributed by atoms with van der Waals surface area (Å²) < 4.78 is 4.95. The van der Waals surface area contributed by atoms with Crippen LogP contribution in [0, 0.1) is 16.0 Å². The predicted molar refractivity (Wildman–Crippen MR) is 99.6 cm³/mol. The third-order valence-corrected chi connectivity index (χ3v) is 4.54. The molecule has 1 saturated heterocycles. The lowest BCUT2D eigenvalue weighted by atomic mass is 10.2. The number of nitrogens with zero attached hydrogens (tertiary/aromatic N) is 2. The molecule has 0 spiro atoms. The minimum atomic E-state index is -0.613. The van der Waals surface area contributed by atoms with Gasteiger partial charge in [-0.25, -0.2) is 0 Å². The number of nitro benzene ring substituents is 1. The van der Waals surface area contributed by atoms with Gasteiger partial charge >= 0.3 is 0 Å². The Labute approximate surface area is 154 Å². The molecule has 2 amide bonds. The molecule has 10 heteroatoms. The Kier molecular flexibility index (Phi) is 6.56. The highest BCUT2D eigenvalue weighted by Gasteiger charge is 2.32. The maximum absolute atomic E-state index is 12.2. The summed E-state index contributed by atoms with van der Waals surface area (Å²) in [5.41, 5.74) is -0.224. The molecule has 1 heterocycles. The van der Waals surface area contributed by atoms with Gasteiger partial charge in [-0.05, 0) is 18.1 Å². The van der Waals surface area contributed by atoms with Gasteiger partial charge in [-0.3, -0.25) is 24.7 Å². The van der Waals surface area contributed by atoms with Gasteiger partial charge in [-0.2, -0.15) is 0 Å². The molecular weight excluding hydrogens is 360 g/mol. The second-order valence-corrected chi connectivity index (χ2v) is 7.22. The second kappa shape index (κ2) is 8.65. The first-order valence-electron chi connectivity index (χ1n) is 7.94. The highest BCUT2D eigenvalue weighted by atomic mass is 32.2. The van der Waals surface area contributed by atoms with E-state index in [0.29, 0.717) is 23.4 Å². The number of benzene rings is 1. The van der Waals surface area contributed by atoms with Gasteiger partial charge in [-0.15, -0.1) is 0 Å². The summed E-state index contributed by atoms with van der Waals surface area (Å²) >= 11 is 1.19. The number of carbonyl (C=O) groups excluding carboxylic acids is 2. The molecule has 2 rings (SSSR count). The van der Waals surface area contributed by atoms with Crippen LogP contribution in [0.1, 0.15) is 20.3 Å². The first-order chi connectivity index (χ1) is 12.3. The SMILES string of the molecule is COc1ccc(NC(=O)C[C@@H]2SC(=NCC(C)C)NC2=O)c([N+](=O)[O-])c1. The van der Waals surface area contributed by atoms with E-state index < -0.39 is 16.1 Å². The van der Waals surface area contributed by atoms with E-state index in [1.807, 2.05) is 13.8 Å². The molecule has 26 heavy (non-hydrogen) atoms. The first-order valence-corrected chi connectivity index (χ1v) is 8.82. The van der Waals surface area contributed by atoms with Gasteiger partial charge in [-0.1, -0.05) is 25.6 Å². The maximum Gasteiger partial charge on any atom is 0.296 e. The second-order valence-electron chi connectivity index (χ2n) is 6.03. The van der Waals surface area contributed by atoms with Crippen LogP contribution in [0.2, 0.25) is 0 Å². The zero-order valence-electron chi connectivity index (χ0n) is 14.6. The predicted octanol–water partition coefficient (Wildman–Crippen LogP) is 2.18. The molecule has 1 fully saturated rings. The summed E-state index contributed by atoms with van der Waals surface area (Å²) in [7, 11) is 1.39. The molecule has 0 unspecified atom stereocenters. The molecule has 0 bridgehead atoms. The van der Waals surface area contributed by atoms with Crippen molar-refractivity contribution in [3.8, 4) is 5.75 Å². The van der Waals surface area contributed by atoms with E-state index in [-0.39, 0.29) is 23.7 Å². The van der Waals surface area contributed by atoms with Crippen LogP contribution in [0.3, 0.4) is 0 Å². The summed E-state index contributed by atoms with van der Waals surface area (Å²) in [5, 5.41) is 16.2. The number of aliphatic imine (C=N–C) groups is 1. The molecule has 0 aliphatic carbocycles. The van der Waals surface area contributed by atoms with Gasteiger partial charge in [0.15, 0.2) is 5.17 Å². The average molecular weight is 380 g/mol. The van der Waals surface area contributed by atoms with Gasteiger partial charge < -0.3 is 15.4 Å². The number of hydrogen-bond donors (Lipinski definition) is 2. The summed E-state index contributed by atoms with van der Waals surface area (Å²) in [4.78, 5) is 39.0. The van der Waals surface area contributed by atoms with Crippen LogP contribution in [0.25, 0.3) is 0 Å². The molecule has 2 N–H and O–H groups in total. The standard InChI is InChI=1S/C16H20N4O5S/c1-9(2)8-17-16-19-15(22)13(26-16)7-14(21)18-11-5-4-10(25-3)6-12(11)20(23)24/h4-6,9,13H,7-8H2,1-3H3,(H,18,21)(H,17,19,22)/t13-/m0/s1. The Morgan fingerprint density at radius 3 is 2.85 bits per heavy atom. The van der Waals surface area contributed by atoms with Crippen molar-refractivity contribution in [3.63, 3.8) is 0 Å². The minimum Gasteiger partial charge on any atom is -0.496 e. The van der Waals surface area contributed by atoms with Crippen molar-refractivity contribution in [3.05, 3.63) is 28.3 Å². The number of amides is 2. The maximum atomic E-state index is 12.2. The number of amidine groups is 1. The van der Waals surface area contributed by atoms with Crippen molar-refractivity contribution in [2.75, 3.05) is 19.0 Å². The van der Waals surface area contributed by atoms with Gasteiger partial charge in [0.05, 0.1) is 18.1 Å². The molecule has 140 valence electrons. The third-order valence-electron chi connectivity index (χ3n) is 3.42. The molecule has 1 aromatic rings. The highest BCUT2D eigenvalue weighted by molar-refractivity contribution is 8.15. The van der Waals surface area contributed by atoms with Gasteiger partial charge in [0.25, 0.3) is 5.69 Å². The number of nitro groups is 1. The smallest absolute Gasteiger partial charge is 0.296 e. The molecule has 0 saturated carbocycles. The Hall–Kier alpha value is -2.62. The van der Waals surface area contributed by atoms with E-state index in [1.54, 1.807) is 0 Å². The van der Waals surface area contributed by atoms with Crippen LogP contribution < -0.4 is 15.4 Å². The van der Waals surface area contributed by atoms with Crippen molar-refractivity contribution >= 4 is 40.1 Å². The van der Waals surface area contributed by atoms with Crippen LogP contribution >= 0.6 is 11.8 Å². The van der Waals surface area contributed by atoms with Gasteiger partial charge in [0.2, 0.25) is 11.8 Å². The van der Waals surface area contributed by atoms with Crippen molar-refractivity contribution in [2.45, 2.75) is 25.5 Å². The van der Waals surface area contributed by atoms with Crippen molar-refractivity contribution in [1.82, 2.24) is 5.32 Å². The first kappa shape index (κ1) is 19.7. The molecule has 1 aromatic carbocycles. The normalized spacial score (nSPS) is 18.1. The monoisotopic (exact) mass is 380 g/mol. The molecular formula is C16H20N4O5S. The summed E-state index contributed by atoms with van der Waals surface area (Å²) in [6.45, 7) is 4.61. The zero-order valence-corrected chi connectivity index (χ0v) is 15.5. The Morgan fingerprint density at radius 1 is 1.50 bits per heavy atom. The lowest BCUT2D eigenvalue weighted by Crippen LogP contribution is -2.28. The van der Waals surface area contributed by atoms with Crippen LogP contribution in [0.15, 0.2) is 23.2 Å². The highest BCUT2D eigenvalue weighted by Crippen LogP contribution is 2.30. The van der Waals surface area contributed by atoms with E-state index in [4.69, 9.17) is 4.74 Å². The van der Waals surface area contributed by atoms with Gasteiger partial charge in [0.1, 0.15) is 16.7 Å². The van der Waals surface area contributed by atoms with Crippen LogP contribution in [0.4, 0.5) is 11.4 Å². The van der Waals surface area contributed by atoms with E-state index in [2.05, 4.69) is 15.6 Å².